The zero-order valence-corrected chi connectivity index (χ0v) is 11.3. The molecule has 0 aromatic heterocycles. The second-order valence-corrected chi connectivity index (χ2v) is 3.83. The van der Waals surface area contributed by atoms with Gasteiger partial charge in [0.1, 0.15) is 0 Å². The van der Waals surface area contributed by atoms with Crippen molar-refractivity contribution >= 4 is 18.3 Å². The second-order valence-electron chi connectivity index (χ2n) is 3.83. The van der Waals surface area contributed by atoms with Gasteiger partial charge in [-0.3, -0.25) is 4.79 Å². The SMILES string of the molecule is CCCN(Cc1ccccc1)C(=O)CNC.Cl. The summed E-state index contributed by atoms with van der Waals surface area (Å²) >= 11 is 0. The molecule has 1 aromatic rings. The van der Waals surface area contributed by atoms with Crippen LogP contribution < -0.4 is 5.32 Å². The summed E-state index contributed by atoms with van der Waals surface area (Å²) in [6.07, 6.45) is 0.988. The highest BCUT2D eigenvalue weighted by Gasteiger charge is 2.11. The van der Waals surface area contributed by atoms with Crippen LogP contribution in [0.25, 0.3) is 0 Å². The topological polar surface area (TPSA) is 32.3 Å². The third-order valence-corrected chi connectivity index (χ3v) is 2.39. The van der Waals surface area contributed by atoms with Gasteiger partial charge in [0.15, 0.2) is 0 Å². The molecule has 0 heterocycles. The number of benzene rings is 1. The van der Waals surface area contributed by atoms with Gasteiger partial charge in [0.05, 0.1) is 6.54 Å². The Morgan fingerprint density at radius 2 is 1.94 bits per heavy atom. The van der Waals surface area contributed by atoms with Crippen LogP contribution in [0, 0.1) is 0 Å². The van der Waals surface area contributed by atoms with E-state index in [0.717, 1.165) is 13.0 Å². The number of carbonyl (C=O) groups is 1. The molecule has 0 spiro atoms. The molecule has 4 heteroatoms. The average molecular weight is 257 g/mol. The van der Waals surface area contributed by atoms with Gasteiger partial charge in [-0.1, -0.05) is 37.3 Å². The Kier molecular flexibility index (Phi) is 8.46. The van der Waals surface area contributed by atoms with E-state index < -0.39 is 0 Å². The Morgan fingerprint density at radius 1 is 1.29 bits per heavy atom. The van der Waals surface area contributed by atoms with Gasteiger partial charge in [0, 0.05) is 13.1 Å². The van der Waals surface area contributed by atoms with Gasteiger partial charge < -0.3 is 10.2 Å². The summed E-state index contributed by atoms with van der Waals surface area (Å²) in [5.41, 5.74) is 1.18. The molecule has 17 heavy (non-hydrogen) atoms. The summed E-state index contributed by atoms with van der Waals surface area (Å²) in [5.74, 6) is 0.160. The zero-order valence-electron chi connectivity index (χ0n) is 10.5. The first-order chi connectivity index (χ1) is 7.77. The van der Waals surface area contributed by atoms with Crippen LogP contribution in [0.4, 0.5) is 0 Å². The molecule has 0 aliphatic heterocycles. The third kappa shape index (κ3) is 5.71. The minimum atomic E-state index is 0. The molecule has 1 amide bonds. The Hall–Kier alpha value is -1.06. The molecule has 0 saturated heterocycles. The Morgan fingerprint density at radius 3 is 2.47 bits per heavy atom. The molecule has 0 atom stereocenters. The molecule has 1 N–H and O–H groups in total. The first kappa shape index (κ1) is 15.9. The molecule has 0 aliphatic carbocycles. The van der Waals surface area contributed by atoms with Gasteiger partial charge in [-0.2, -0.15) is 0 Å². The van der Waals surface area contributed by atoms with Crippen LogP contribution in [0.2, 0.25) is 0 Å². The fourth-order valence-electron chi connectivity index (χ4n) is 1.63. The number of amides is 1. The summed E-state index contributed by atoms with van der Waals surface area (Å²) in [7, 11) is 1.80. The molecule has 0 saturated carbocycles. The van der Waals surface area contributed by atoms with Crippen molar-refractivity contribution in [3.8, 4) is 0 Å². The lowest BCUT2D eigenvalue weighted by atomic mass is 10.2. The lowest BCUT2D eigenvalue weighted by Crippen LogP contribution is -2.37. The summed E-state index contributed by atoms with van der Waals surface area (Å²) in [4.78, 5) is 13.7. The quantitative estimate of drug-likeness (QED) is 0.845. The maximum atomic E-state index is 11.8. The third-order valence-electron chi connectivity index (χ3n) is 2.39. The number of rotatable bonds is 6. The number of halogens is 1. The highest BCUT2D eigenvalue weighted by Crippen LogP contribution is 2.05. The molecule has 0 radical (unpaired) electrons. The van der Waals surface area contributed by atoms with Gasteiger partial charge in [0.25, 0.3) is 0 Å². The van der Waals surface area contributed by atoms with Crippen molar-refractivity contribution in [1.82, 2.24) is 10.2 Å². The van der Waals surface area contributed by atoms with Gasteiger partial charge in [0.2, 0.25) is 5.91 Å². The first-order valence-electron chi connectivity index (χ1n) is 5.74. The predicted molar refractivity (Wildman–Crippen MR) is 73.3 cm³/mol. The molecule has 0 bridgehead atoms. The average Bonchev–Trinajstić information content (AvgIpc) is 2.30. The number of nitrogens with zero attached hydrogens (tertiary/aromatic N) is 1. The largest absolute Gasteiger partial charge is 0.337 e. The first-order valence-corrected chi connectivity index (χ1v) is 5.74. The van der Waals surface area contributed by atoms with Crippen LogP contribution in [-0.4, -0.2) is 30.9 Å². The van der Waals surface area contributed by atoms with E-state index in [1.54, 1.807) is 7.05 Å². The van der Waals surface area contributed by atoms with Crippen molar-refractivity contribution in [2.24, 2.45) is 0 Å². The summed E-state index contributed by atoms with van der Waals surface area (Å²) < 4.78 is 0. The Balaban J connectivity index is 0.00000256. The van der Waals surface area contributed by atoms with E-state index in [0.29, 0.717) is 13.1 Å². The highest BCUT2D eigenvalue weighted by atomic mass is 35.5. The van der Waals surface area contributed by atoms with Crippen LogP contribution in [0.5, 0.6) is 0 Å². The van der Waals surface area contributed by atoms with Crippen LogP contribution in [0.15, 0.2) is 30.3 Å². The van der Waals surface area contributed by atoms with Crippen LogP contribution >= 0.6 is 12.4 Å². The fraction of sp³-hybridized carbons (Fsp3) is 0.462. The monoisotopic (exact) mass is 256 g/mol. The van der Waals surface area contributed by atoms with E-state index in [1.807, 2.05) is 23.1 Å². The van der Waals surface area contributed by atoms with Gasteiger partial charge in [-0.05, 0) is 19.0 Å². The lowest BCUT2D eigenvalue weighted by molar-refractivity contribution is -0.130. The van der Waals surface area contributed by atoms with E-state index in [4.69, 9.17) is 0 Å². The standard InChI is InChI=1S/C13H20N2O.ClH/c1-3-9-15(13(16)10-14-2)11-12-7-5-4-6-8-12;/h4-8,14H,3,9-11H2,1-2H3;1H. The lowest BCUT2D eigenvalue weighted by Gasteiger charge is -2.22. The molecular weight excluding hydrogens is 236 g/mol. The number of hydrogen-bond donors (Lipinski definition) is 1. The molecule has 1 rings (SSSR count). The molecule has 1 aromatic carbocycles. The van der Waals surface area contributed by atoms with Gasteiger partial charge in [-0.15, -0.1) is 12.4 Å². The minimum Gasteiger partial charge on any atom is -0.337 e. The normalized spacial score (nSPS) is 9.53. The maximum Gasteiger partial charge on any atom is 0.236 e. The summed E-state index contributed by atoms with van der Waals surface area (Å²) in [6, 6.07) is 10.1. The van der Waals surface area contributed by atoms with Crippen molar-refractivity contribution in [3.63, 3.8) is 0 Å². The van der Waals surface area contributed by atoms with Crippen molar-refractivity contribution in [1.29, 1.82) is 0 Å². The van der Waals surface area contributed by atoms with Crippen LogP contribution in [0.3, 0.4) is 0 Å². The van der Waals surface area contributed by atoms with E-state index >= 15 is 0 Å². The molecule has 96 valence electrons. The fourth-order valence-corrected chi connectivity index (χ4v) is 1.63. The molecule has 0 aliphatic rings. The number of nitrogens with one attached hydrogen (secondary N) is 1. The van der Waals surface area contributed by atoms with Gasteiger partial charge in [-0.25, -0.2) is 0 Å². The minimum absolute atomic E-state index is 0. The molecule has 3 nitrogen and oxygen atoms in total. The van der Waals surface area contributed by atoms with E-state index in [9.17, 15) is 4.79 Å². The Labute approximate surface area is 110 Å². The highest BCUT2D eigenvalue weighted by molar-refractivity contribution is 5.85. The second kappa shape index (κ2) is 9.02. The van der Waals surface area contributed by atoms with Crippen molar-refractivity contribution < 1.29 is 4.79 Å². The van der Waals surface area contributed by atoms with E-state index in [2.05, 4.69) is 24.4 Å². The number of carbonyl (C=O) groups excluding carboxylic acids is 1. The number of likely N-dealkylation sites (N-methyl/N-ethyl adjacent to an activating group) is 1. The number of hydrogen-bond acceptors (Lipinski definition) is 2. The molecule has 0 unspecified atom stereocenters. The smallest absolute Gasteiger partial charge is 0.236 e. The zero-order chi connectivity index (χ0) is 11.8. The summed E-state index contributed by atoms with van der Waals surface area (Å²) in [5, 5.41) is 2.90. The predicted octanol–water partition coefficient (Wildman–Crippen LogP) is 2.07. The van der Waals surface area contributed by atoms with E-state index in [-0.39, 0.29) is 18.3 Å². The van der Waals surface area contributed by atoms with Crippen LogP contribution in [0.1, 0.15) is 18.9 Å². The van der Waals surface area contributed by atoms with Gasteiger partial charge >= 0.3 is 0 Å². The van der Waals surface area contributed by atoms with Crippen molar-refractivity contribution in [2.75, 3.05) is 20.1 Å². The summed E-state index contributed by atoms with van der Waals surface area (Å²) in [6.45, 7) is 4.02. The van der Waals surface area contributed by atoms with Crippen molar-refractivity contribution in [2.45, 2.75) is 19.9 Å². The van der Waals surface area contributed by atoms with E-state index in [1.165, 1.54) is 5.56 Å². The molecule has 0 fully saturated rings. The van der Waals surface area contributed by atoms with Crippen molar-refractivity contribution in [3.05, 3.63) is 35.9 Å². The Bertz CT molecular complexity index is 316. The van der Waals surface area contributed by atoms with Crippen LogP contribution in [-0.2, 0) is 11.3 Å². The molecular formula is C13H21ClN2O. The maximum absolute atomic E-state index is 11.8.